The van der Waals surface area contributed by atoms with Crippen molar-refractivity contribution in [2.45, 2.75) is 20.3 Å². The third-order valence-corrected chi connectivity index (χ3v) is 5.70. The molecule has 0 fully saturated rings. The molecule has 170 valence electrons. The van der Waals surface area contributed by atoms with Crippen LogP contribution in [0.5, 0.6) is 0 Å². The van der Waals surface area contributed by atoms with E-state index >= 15 is 0 Å². The van der Waals surface area contributed by atoms with Gasteiger partial charge in [-0.05, 0) is 72.6 Å². The fourth-order valence-electron chi connectivity index (χ4n) is 3.60. The van der Waals surface area contributed by atoms with Crippen molar-refractivity contribution in [3.05, 3.63) is 102 Å². The lowest BCUT2D eigenvalue weighted by molar-refractivity contribution is -0.116. The summed E-state index contributed by atoms with van der Waals surface area (Å²) in [5.74, 6) is -0.259. The second kappa shape index (κ2) is 10.0. The van der Waals surface area contributed by atoms with Crippen molar-refractivity contribution in [1.82, 2.24) is 15.0 Å². The van der Waals surface area contributed by atoms with E-state index < -0.39 is 0 Å². The van der Waals surface area contributed by atoms with E-state index in [1.165, 1.54) is 13.3 Å². The topological polar surface area (TPSA) is 88.1 Å². The Morgan fingerprint density at radius 3 is 2.47 bits per heavy atom. The first-order valence-corrected chi connectivity index (χ1v) is 10.9. The SMILES string of the molecule is CC(=O)N(C)c1ccc(NC(=O)c2ccc(C)c(Cc3ncccc3-c3ccncn3)c2)cc1. The van der Waals surface area contributed by atoms with Crippen LogP contribution in [-0.4, -0.2) is 33.8 Å². The number of anilines is 2. The van der Waals surface area contributed by atoms with E-state index in [9.17, 15) is 9.59 Å². The van der Waals surface area contributed by atoms with E-state index in [0.29, 0.717) is 17.7 Å². The van der Waals surface area contributed by atoms with Crippen LogP contribution in [0.2, 0.25) is 0 Å². The minimum Gasteiger partial charge on any atom is -0.322 e. The Balaban J connectivity index is 1.54. The normalized spacial score (nSPS) is 10.6. The first kappa shape index (κ1) is 22.8. The Morgan fingerprint density at radius 2 is 1.76 bits per heavy atom. The van der Waals surface area contributed by atoms with Crippen molar-refractivity contribution in [2.24, 2.45) is 0 Å². The number of nitrogens with one attached hydrogen (secondary N) is 1. The molecule has 2 heterocycles. The number of hydrogen-bond acceptors (Lipinski definition) is 5. The molecule has 34 heavy (non-hydrogen) atoms. The largest absolute Gasteiger partial charge is 0.322 e. The van der Waals surface area contributed by atoms with Crippen LogP contribution in [0.4, 0.5) is 11.4 Å². The maximum atomic E-state index is 12.9. The Kier molecular flexibility index (Phi) is 6.73. The second-order valence-electron chi connectivity index (χ2n) is 7.99. The average Bonchev–Trinajstić information content (AvgIpc) is 2.86. The monoisotopic (exact) mass is 451 g/mol. The van der Waals surface area contributed by atoms with Gasteiger partial charge in [0.2, 0.25) is 5.91 Å². The Labute approximate surface area is 198 Å². The summed E-state index contributed by atoms with van der Waals surface area (Å²) in [6.45, 7) is 3.53. The number of aromatic nitrogens is 3. The number of hydrogen-bond donors (Lipinski definition) is 1. The molecular formula is C27H25N5O2. The summed E-state index contributed by atoms with van der Waals surface area (Å²) >= 11 is 0. The summed E-state index contributed by atoms with van der Waals surface area (Å²) in [4.78, 5) is 38.9. The van der Waals surface area contributed by atoms with Crippen molar-refractivity contribution in [2.75, 3.05) is 17.3 Å². The van der Waals surface area contributed by atoms with Gasteiger partial charge in [-0.15, -0.1) is 0 Å². The van der Waals surface area contributed by atoms with Gasteiger partial charge in [-0.2, -0.15) is 0 Å². The number of benzene rings is 2. The standard InChI is InChI=1S/C27H25N5O2/c1-18-6-7-20(27(34)31-22-8-10-23(11-9-22)32(3)19(2)33)15-21(18)16-26-24(5-4-13-29-26)25-12-14-28-17-30-25/h4-15,17H,16H2,1-3H3,(H,31,34). The van der Waals surface area contributed by atoms with Gasteiger partial charge in [-0.1, -0.05) is 6.07 Å². The predicted octanol–water partition coefficient (Wildman–Crippen LogP) is 4.67. The molecule has 0 saturated heterocycles. The van der Waals surface area contributed by atoms with E-state index in [-0.39, 0.29) is 11.8 Å². The van der Waals surface area contributed by atoms with Crippen LogP contribution in [0.25, 0.3) is 11.3 Å². The van der Waals surface area contributed by atoms with E-state index in [4.69, 9.17) is 0 Å². The van der Waals surface area contributed by atoms with Gasteiger partial charge in [-0.25, -0.2) is 9.97 Å². The van der Waals surface area contributed by atoms with Crippen molar-refractivity contribution in [1.29, 1.82) is 0 Å². The van der Waals surface area contributed by atoms with E-state index in [1.54, 1.807) is 48.6 Å². The van der Waals surface area contributed by atoms with Crippen LogP contribution >= 0.6 is 0 Å². The van der Waals surface area contributed by atoms with Crippen LogP contribution < -0.4 is 10.2 Å². The zero-order chi connectivity index (χ0) is 24.1. The Morgan fingerprint density at radius 1 is 0.971 bits per heavy atom. The fraction of sp³-hybridized carbons (Fsp3) is 0.148. The molecule has 2 amide bonds. The highest BCUT2D eigenvalue weighted by Crippen LogP contribution is 2.24. The molecule has 0 spiro atoms. The van der Waals surface area contributed by atoms with Gasteiger partial charge in [-0.3, -0.25) is 14.6 Å². The van der Waals surface area contributed by atoms with Crippen molar-refractivity contribution in [3.8, 4) is 11.3 Å². The van der Waals surface area contributed by atoms with Crippen LogP contribution in [0.3, 0.4) is 0 Å². The van der Waals surface area contributed by atoms with Gasteiger partial charge in [0.15, 0.2) is 0 Å². The van der Waals surface area contributed by atoms with Crippen molar-refractivity contribution < 1.29 is 9.59 Å². The van der Waals surface area contributed by atoms with Gasteiger partial charge < -0.3 is 10.2 Å². The van der Waals surface area contributed by atoms with Crippen LogP contribution in [0.15, 0.2) is 79.4 Å². The Hall–Kier alpha value is -4.39. The molecule has 7 heteroatoms. The first-order chi connectivity index (χ1) is 16.4. The van der Waals surface area contributed by atoms with Crippen LogP contribution in [0, 0.1) is 6.92 Å². The van der Waals surface area contributed by atoms with Crippen molar-refractivity contribution >= 4 is 23.2 Å². The lowest BCUT2D eigenvalue weighted by atomic mass is 9.97. The number of pyridine rings is 1. The number of aryl methyl sites for hydroxylation is 1. The summed E-state index contributed by atoms with van der Waals surface area (Å²) < 4.78 is 0. The fourth-order valence-corrected chi connectivity index (χ4v) is 3.60. The molecule has 0 radical (unpaired) electrons. The van der Waals surface area contributed by atoms with Crippen molar-refractivity contribution in [3.63, 3.8) is 0 Å². The molecule has 4 rings (SSSR count). The number of carbonyl (C=O) groups excluding carboxylic acids is 2. The number of carbonyl (C=O) groups is 2. The molecule has 0 bridgehead atoms. The molecule has 0 unspecified atom stereocenters. The van der Waals surface area contributed by atoms with Crippen LogP contribution in [-0.2, 0) is 11.2 Å². The minimum absolute atomic E-state index is 0.0558. The lowest BCUT2D eigenvalue weighted by Crippen LogP contribution is -2.22. The average molecular weight is 452 g/mol. The van der Waals surface area contributed by atoms with Gasteiger partial charge in [0.05, 0.1) is 11.4 Å². The molecule has 0 aliphatic heterocycles. The highest BCUT2D eigenvalue weighted by Gasteiger charge is 2.13. The molecule has 2 aromatic heterocycles. The highest BCUT2D eigenvalue weighted by atomic mass is 16.2. The van der Waals surface area contributed by atoms with Gasteiger partial charge in [0.25, 0.3) is 5.91 Å². The van der Waals surface area contributed by atoms with E-state index in [1.807, 2.05) is 43.3 Å². The molecular weight excluding hydrogens is 426 g/mol. The maximum absolute atomic E-state index is 12.9. The molecule has 0 saturated carbocycles. The minimum atomic E-state index is -0.203. The highest BCUT2D eigenvalue weighted by molar-refractivity contribution is 6.04. The molecule has 7 nitrogen and oxygen atoms in total. The van der Waals surface area contributed by atoms with E-state index in [2.05, 4.69) is 20.3 Å². The summed E-state index contributed by atoms with van der Waals surface area (Å²) in [5, 5.41) is 2.93. The van der Waals surface area contributed by atoms with Crippen LogP contribution in [0.1, 0.15) is 34.1 Å². The first-order valence-electron chi connectivity index (χ1n) is 10.9. The summed E-state index contributed by atoms with van der Waals surface area (Å²) in [6, 6.07) is 18.6. The maximum Gasteiger partial charge on any atom is 0.255 e. The second-order valence-corrected chi connectivity index (χ2v) is 7.99. The summed E-state index contributed by atoms with van der Waals surface area (Å²) in [6.07, 6.45) is 5.56. The molecule has 0 aliphatic carbocycles. The quantitative estimate of drug-likeness (QED) is 0.460. The number of nitrogens with zero attached hydrogens (tertiary/aromatic N) is 4. The van der Waals surface area contributed by atoms with E-state index in [0.717, 1.165) is 33.8 Å². The van der Waals surface area contributed by atoms with Gasteiger partial charge in [0, 0.05) is 55.3 Å². The molecule has 0 atom stereocenters. The smallest absolute Gasteiger partial charge is 0.255 e. The predicted molar refractivity (Wildman–Crippen MR) is 133 cm³/mol. The zero-order valence-corrected chi connectivity index (χ0v) is 19.3. The Bertz CT molecular complexity index is 1320. The van der Waals surface area contributed by atoms with Gasteiger partial charge in [0.1, 0.15) is 6.33 Å². The number of amides is 2. The zero-order valence-electron chi connectivity index (χ0n) is 19.3. The van der Waals surface area contributed by atoms with Gasteiger partial charge >= 0.3 is 0 Å². The molecule has 1 N–H and O–H groups in total. The summed E-state index contributed by atoms with van der Waals surface area (Å²) in [5.41, 5.74) is 6.70. The molecule has 4 aromatic rings. The third-order valence-electron chi connectivity index (χ3n) is 5.70. The number of rotatable bonds is 6. The third kappa shape index (κ3) is 5.15. The molecule has 0 aliphatic rings. The summed E-state index contributed by atoms with van der Waals surface area (Å²) in [7, 11) is 1.71. The lowest BCUT2D eigenvalue weighted by Gasteiger charge is -2.15. The molecule has 2 aromatic carbocycles.